The number of benzene rings is 1. The topological polar surface area (TPSA) is 68.3 Å². The normalized spacial score (nSPS) is 10.3. The Balaban J connectivity index is 2.04. The second-order valence-electron chi connectivity index (χ2n) is 3.85. The molecule has 1 heterocycles. The summed E-state index contributed by atoms with van der Waals surface area (Å²) in [6, 6.07) is 10.0. The van der Waals surface area contributed by atoms with Crippen molar-refractivity contribution in [2.24, 2.45) is 5.84 Å². The highest BCUT2D eigenvalue weighted by Crippen LogP contribution is 2.25. The maximum absolute atomic E-state index is 11.4. The maximum Gasteiger partial charge on any atom is 0.301 e. The zero-order valence-corrected chi connectivity index (χ0v) is 10.8. The average Bonchev–Trinajstić information content (AvgIpc) is 2.85. The molecule has 0 fully saturated rings. The largest absolute Gasteiger partial charge is 0.459 e. The first kappa shape index (κ1) is 12.7. The van der Waals surface area contributed by atoms with Crippen molar-refractivity contribution in [1.29, 1.82) is 0 Å². The smallest absolute Gasteiger partial charge is 0.301 e. The molecule has 1 aromatic carbocycles. The zero-order chi connectivity index (χ0) is 13.0. The molecule has 0 atom stereocenters. The lowest BCUT2D eigenvalue weighted by molar-refractivity contribution is 0.0925. The van der Waals surface area contributed by atoms with Gasteiger partial charge >= 0.3 is 5.91 Å². The molecule has 1 amide bonds. The van der Waals surface area contributed by atoms with Crippen LogP contribution in [-0.2, 0) is 5.75 Å². The van der Waals surface area contributed by atoms with Crippen LogP contribution in [0.25, 0.3) is 0 Å². The molecule has 18 heavy (non-hydrogen) atoms. The number of furan rings is 1. The van der Waals surface area contributed by atoms with Gasteiger partial charge in [-0.2, -0.15) is 0 Å². The van der Waals surface area contributed by atoms with Gasteiger partial charge in [-0.25, -0.2) is 5.84 Å². The third-order valence-electron chi connectivity index (χ3n) is 2.50. The fourth-order valence-corrected chi connectivity index (χ4v) is 2.39. The Morgan fingerprint density at radius 2 is 2.06 bits per heavy atom. The number of carbonyl (C=O) groups is 1. The second-order valence-corrected chi connectivity index (χ2v) is 4.90. The van der Waals surface area contributed by atoms with Crippen molar-refractivity contribution in [3.63, 3.8) is 0 Å². The van der Waals surface area contributed by atoms with Crippen molar-refractivity contribution in [2.75, 3.05) is 0 Å². The van der Waals surface area contributed by atoms with Gasteiger partial charge in [0, 0.05) is 16.2 Å². The third kappa shape index (κ3) is 2.94. The van der Waals surface area contributed by atoms with E-state index in [1.807, 2.05) is 6.92 Å². The summed E-state index contributed by atoms with van der Waals surface area (Å²) >= 11 is 1.65. The van der Waals surface area contributed by atoms with Crippen LogP contribution in [0.15, 0.2) is 45.9 Å². The number of nitrogen functional groups attached to an aromatic ring is 1. The van der Waals surface area contributed by atoms with Gasteiger partial charge in [-0.05, 0) is 25.1 Å². The molecule has 3 N–H and O–H groups in total. The number of nitrogens with one attached hydrogen (secondary N) is 1. The molecular weight excluding hydrogens is 248 g/mol. The Bertz CT molecular complexity index is 534. The maximum atomic E-state index is 11.4. The number of thioether (sulfide) groups is 1. The lowest BCUT2D eigenvalue weighted by Crippen LogP contribution is -2.30. The van der Waals surface area contributed by atoms with E-state index in [0.29, 0.717) is 5.75 Å². The SMILES string of the molecule is Cc1ccc(SCc2ccoc2C(=O)NN)cc1. The van der Waals surface area contributed by atoms with Crippen LogP contribution in [-0.4, -0.2) is 5.91 Å². The lowest BCUT2D eigenvalue weighted by atomic mass is 10.2. The molecule has 94 valence electrons. The number of amides is 1. The van der Waals surface area contributed by atoms with Gasteiger partial charge in [0.2, 0.25) is 0 Å². The first-order chi connectivity index (χ1) is 8.70. The quantitative estimate of drug-likeness (QED) is 0.384. The lowest BCUT2D eigenvalue weighted by Gasteiger charge is -2.02. The van der Waals surface area contributed by atoms with Gasteiger partial charge in [-0.1, -0.05) is 17.7 Å². The fourth-order valence-electron chi connectivity index (χ4n) is 1.51. The summed E-state index contributed by atoms with van der Waals surface area (Å²) in [6.45, 7) is 2.05. The van der Waals surface area contributed by atoms with Gasteiger partial charge in [-0.15, -0.1) is 11.8 Å². The Morgan fingerprint density at radius 1 is 1.33 bits per heavy atom. The minimum absolute atomic E-state index is 0.275. The van der Waals surface area contributed by atoms with Crippen molar-refractivity contribution in [1.82, 2.24) is 5.43 Å². The van der Waals surface area contributed by atoms with Gasteiger partial charge in [0.15, 0.2) is 5.76 Å². The van der Waals surface area contributed by atoms with Gasteiger partial charge in [0.1, 0.15) is 0 Å². The molecule has 0 unspecified atom stereocenters. The molecule has 1 aromatic heterocycles. The van der Waals surface area contributed by atoms with Crippen molar-refractivity contribution in [2.45, 2.75) is 17.6 Å². The van der Waals surface area contributed by atoms with Crippen LogP contribution in [0.3, 0.4) is 0 Å². The minimum atomic E-state index is -0.403. The minimum Gasteiger partial charge on any atom is -0.459 e. The van der Waals surface area contributed by atoms with E-state index in [1.54, 1.807) is 17.8 Å². The summed E-state index contributed by atoms with van der Waals surface area (Å²) in [5.74, 6) is 5.63. The van der Waals surface area contributed by atoms with Crippen molar-refractivity contribution < 1.29 is 9.21 Å². The van der Waals surface area contributed by atoms with Gasteiger partial charge in [0.05, 0.1) is 6.26 Å². The molecule has 0 aliphatic carbocycles. The number of aryl methyl sites for hydroxylation is 1. The zero-order valence-electron chi connectivity index (χ0n) is 9.97. The van der Waals surface area contributed by atoms with Crippen LogP contribution in [0.5, 0.6) is 0 Å². The Kier molecular flexibility index (Phi) is 4.07. The predicted molar refractivity (Wildman–Crippen MR) is 71.1 cm³/mol. The first-order valence-corrected chi connectivity index (χ1v) is 6.46. The van der Waals surface area contributed by atoms with Gasteiger partial charge in [-0.3, -0.25) is 10.2 Å². The van der Waals surface area contributed by atoms with E-state index in [4.69, 9.17) is 10.3 Å². The Hall–Kier alpha value is -1.72. The highest BCUT2D eigenvalue weighted by molar-refractivity contribution is 7.98. The van der Waals surface area contributed by atoms with Crippen LogP contribution in [0.4, 0.5) is 0 Å². The summed E-state index contributed by atoms with van der Waals surface area (Å²) in [5.41, 5.74) is 4.14. The summed E-state index contributed by atoms with van der Waals surface area (Å²) < 4.78 is 5.12. The van der Waals surface area contributed by atoms with E-state index in [0.717, 1.165) is 10.5 Å². The Labute approximate surface area is 110 Å². The fraction of sp³-hybridized carbons (Fsp3) is 0.154. The number of hydrazine groups is 1. The molecule has 0 saturated carbocycles. The van der Waals surface area contributed by atoms with Crippen LogP contribution < -0.4 is 11.3 Å². The second kappa shape index (κ2) is 5.75. The molecule has 2 aromatic rings. The van der Waals surface area contributed by atoms with E-state index in [2.05, 4.69) is 29.7 Å². The summed E-state index contributed by atoms with van der Waals surface area (Å²) in [7, 11) is 0. The molecule has 0 spiro atoms. The van der Waals surface area contributed by atoms with Crippen molar-refractivity contribution in [3.8, 4) is 0 Å². The molecular formula is C13H14N2O2S. The number of rotatable bonds is 4. The van der Waals surface area contributed by atoms with Crippen LogP contribution in [0, 0.1) is 6.92 Å². The molecule has 2 rings (SSSR count). The van der Waals surface area contributed by atoms with E-state index in [1.165, 1.54) is 11.8 Å². The third-order valence-corrected chi connectivity index (χ3v) is 3.56. The highest BCUT2D eigenvalue weighted by Gasteiger charge is 2.13. The molecule has 0 saturated heterocycles. The summed E-state index contributed by atoms with van der Waals surface area (Å²) in [5, 5.41) is 0. The molecule has 5 heteroatoms. The van der Waals surface area contributed by atoms with E-state index >= 15 is 0 Å². The predicted octanol–water partition coefficient (Wildman–Crippen LogP) is 2.48. The number of hydrogen-bond donors (Lipinski definition) is 2. The number of carbonyl (C=O) groups excluding carboxylic acids is 1. The molecule has 4 nitrogen and oxygen atoms in total. The van der Waals surface area contributed by atoms with Crippen LogP contribution in [0.1, 0.15) is 21.7 Å². The molecule has 0 aliphatic rings. The summed E-state index contributed by atoms with van der Waals surface area (Å²) in [4.78, 5) is 12.6. The van der Waals surface area contributed by atoms with E-state index < -0.39 is 5.91 Å². The van der Waals surface area contributed by atoms with Gasteiger partial charge in [0.25, 0.3) is 0 Å². The molecule has 0 aliphatic heterocycles. The van der Waals surface area contributed by atoms with E-state index in [9.17, 15) is 4.79 Å². The average molecular weight is 262 g/mol. The molecule has 0 radical (unpaired) electrons. The van der Waals surface area contributed by atoms with Crippen LogP contribution >= 0.6 is 11.8 Å². The first-order valence-electron chi connectivity index (χ1n) is 5.47. The van der Waals surface area contributed by atoms with E-state index in [-0.39, 0.29) is 5.76 Å². The van der Waals surface area contributed by atoms with Crippen molar-refractivity contribution in [3.05, 3.63) is 53.5 Å². The monoisotopic (exact) mass is 262 g/mol. The highest BCUT2D eigenvalue weighted by atomic mass is 32.2. The summed E-state index contributed by atoms with van der Waals surface area (Å²) in [6.07, 6.45) is 1.50. The molecule has 0 bridgehead atoms. The number of hydrogen-bond acceptors (Lipinski definition) is 4. The standard InChI is InChI=1S/C13H14N2O2S/c1-9-2-4-11(5-3-9)18-8-10-6-7-17-12(10)13(16)15-14/h2-7H,8,14H2,1H3,(H,15,16). The Morgan fingerprint density at radius 3 is 2.72 bits per heavy atom. The van der Waals surface area contributed by atoms with Crippen LogP contribution in [0.2, 0.25) is 0 Å². The number of nitrogens with two attached hydrogens (primary N) is 1. The van der Waals surface area contributed by atoms with Crippen molar-refractivity contribution >= 4 is 17.7 Å². The van der Waals surface area contributed by atoms with Gasteiger partial charge < -0.3 is 4.42 Å².